The molecule has 3 aromatic carbocycles. The predicted molar refractivity (Wildman–Crippen MR) is 504 cm³/mol. The van der Waals surface area contributed by atoms with Crippen LogP contribution >= 0.6 is 11.8 Å². The summed E-state index contributed by atoms with van der Waals surface area (Å²) in [7, 11) is -1.43. The lowest BCUT2D eigenvalue weighted by Gasteiger charge is -2.28. The highest BCUT2D eigenvalue weighted by Gasteiger charge is 2.42. The molecular weight excluding hydrogens is 1750 g/mol. The summed E-state index contributed by atoms with van der Waals surface area (Å²) >= 11 is -1.18. The minimum atomic E-state index is -4.47. The van der Waals surface area contributed by atoms with Crippen molar-refractivity contribution in [3.63, 3.8) is 0 Å². The number of hydrogen-bond donors (Lipinski definition) is 18. The van der Waals surface area contributed by atoms with Gasteiger partial charge in [0.05, 0.1) is 42.9 Å². The number of likely N-dealkylation sites (tertiary alicyclic amines) is 1. The summed E-state index contributed by atoms with van der Waals surface area (Å²) in [4.78, 5) is 161. The van der Waals surface area contributed by atoms with E-state index >= 15 is 0 Å². The maximum absolute atomic E-state index is 13.9. The van der Waals surface area contributed by atoms with Crippen LogP contribution < -0.4 is 85.5 Å². The van der Waals surface area contributed by atoms with Crippen LogP contribution in [0.15, 0.2) is 129 Å². The van der Waals surface area contributed by atoms with Gasteiger partial charge in [0, 0.05) is 91.3 Å². The van der Waals surface area contributed by atoms with Gasteiger partial charge in [0.15, 0.2) is 11.9 Å². The molecule has 0 radical (unpaired) electrons. The number of thioether (sulfide) groups is 1. The SMILES string of the molecule is CCN=C(/C=C/C=C/C=C/C=C1/N(CCCCCC(=O)NCCO/N=C(\C)c2ccc(C[C@H](NC)C(=O)NCCOCC(=O)N3CCC[C@H]3C(=O)N[C@@H](CC(C)C)C(=O)NCC(=O)N[C@@H](CSC)C(=O)N[C@@H](C)C(=O)NCC(=O)N[C@H](CCCNC(=N)N)C(=O)N[C@H](CCCNC(=N)N)C(=O)NC)cc2)c2ccc(S(=O)(=O)O)cc2C1(C)C)C(C)(C)c1cc(S(=O)[O-])ccc1C. The number of amides is 11. The fourth-order valence-electron chi connectivity index (χ4n) is 14.7. The number of anilines is 1. The maximum atomic E-state index is 13.9. The maximum Gasteiger partial charge on any atom is 0.294 e. The normalized spacial score (nSPS) is 15.9. The van der Waals surface area contributed by atoms with Crippen molar-refractivity contribution in [3.05, 3.63) is 137 Å². The molecule has 2 aliphatic rings. The van der Waals surface area contributed by atoms with E-state index in [1.54, 1.807) is 44.5 Å². The predicted octanol–water partition coefficient (Wildman–Crippen LogP) is 2.30. The quantitative estimate of drug-likeness (QED) is 0.00733. The zero-order valence-corrected chi connectivity index (χ0v) is 79.6. The second-order valence-electron chi connectivity index (χ2n) is 33.0. The number of carbonyl (C=O) groups excluding carboxylic acids is 11. The van der Waals surface area contributed by atoms with Crippen molar-refractivity contribution in [1.82, 2.24) is 74.0 Å². The van der Waals surface area contributed by atoms with Gasteiger partial charge >= 0.3 is 0 Å². The first kappa shape index (κ1) is 110. The van der Waals surface area contributed by atoms with E-state index in [2.05, 4.69) is 79.2 Å². The van der Waals surface area contributed by atoms with E-state index < -0.39 is 147 Å². The van der Waals surface area contributed by atoms with Gasteiger partial charge in [-0.25, -0.2) is 0 Å². The Hall–Kier alpha value is -11.4. The standard InChI is InChI=1S/C89H135N21O18S3/c1-14-96-73(88(7,8)64-50-62(130(122)123)37-32-57(64)4)29-19-16-15-17-20-30-74-89(9,10)65-51-63(131(124,125)126)38-39-71(65)109(74)44-22-18-21-31-75(111)97-43-47-128-108-58(5)61-35-33-60(34-36-61)49-68(94-11)81(117)98-42-46-127-54-78(114)110-45-25-28-72(110)85(121)107-69(48-56(2)3)82(118)102-53-77(113)105-70(55-129-13)84(120)103-59(6)79(115)101-52-76(112)104-67(27-24-41-100-87(92)93)83(119)106-66(80(116)95-12)26-23-40-99-86(90)91/h15-17,19-20,29-30,32-39,50-51,56,59,66-70,72,94H,14,18,21-28,31,40-49,52-55H2,1-13H3,(H,95,116)(H,97,111)(H,98,117)(H,101,115)(H,102,118)(H,103,120)(H,104,112)(H,105,113)(H,106,119)(H,107,121)(H,122,123)(H4,90,91,99)(H4,92,93,100)(H,124,125,126)/p-1/b16-15+,20-17+,29-19+,74-30+,96-73?,108-58+/t59-,66+,67+,68-,69-,70-,72-/m0/s1. The van der Waals surface area contributed by atoms with E-state index in [0.29, 0.717) is 57.3 Å². The van der Waals surface area contributed by atoms with Gasteiger partial charge in [0.25, 0.3) is 10.1 Å². The van der Waals surface area contributed by atoms with Crippen LogP contribution in [-0.4, -0.2) is 262 Å². The van der Waals surface area contributed by atoms with Crippen LogP contribution in [0.5, 0.6) is 0 Å². The molecule has 0 saturated carbocycles. The molecular formula is C89H134N21O18S3-. The number of nitrogens with two attached hydrogens (primary N) is 2. The van der Waals surface area contributed by atoms with E-state index in [0.717, 1.165) is 51.3 Å². The first-order valence-corrected chi connectivity index (χ1v) is 47.6. The number of benzene rings is 3. The summed E-state index contributed by atoms with van der Waals surface area (Å²) in [5, 5.41) is 53.4. The molecule has 131 heavy (non-hydrogen) atoms. The zero-order chi connectivity index (χ0) is 97.1. The average Bonchev–Trinajstić information content (AvgIpc) is 1.58. The number of guanidine groups is 2. The first-order valence-electron chi connectivity index (χ1n) is 43.7. The van der Waals surface area contributed by atoms with Gasteiger partial charge in [-0.05, 0) is 193 Å². The van der Waals surface area contributed by atoms with Crippen LogP contribution in [0.4, 0.5) is 5.69 Å². The fourth-order valence-corrected chi connectivity index (χ4v) is 16.1. The van der Waals surface area contributed by atoms with Gasteiger partial charge in [-0.2, -0.15) is 20.2 Å². The Bertz CT molecular complexity index is 4770. The molecule has 0 aliphatic carbocycles. The highest BCUT2D eigenvalue weighted by atomic mass is 32.2. The lowest BCUT2D eigenvalue weighted by molar-refractivity contribution is -0.142. The summed E-state index contributed by atoms with van der Waals surface area (Å²) in [6.07, 6.45) is 19.4. The molecule has 0 bridgehead atoms. The van der Waals surface area contributed by atoms with Crippen molar-refractivity contribution in [3.8, 4) is 0 Å². The number of carbonyl (C=O) groups is 11. The number of rotatable bonds is 56. The molecule has 11 amide bonds. The van der Waals surface area contributed by atoms with Gasteiger partial charge in [-0.15, -0.1) is 0 Å². The van der Waals surface area contributed by atoms with Crippen molar-refractivity contribution in [2.75, 3.05) is 110 Å². The number of unbranched alkanes of at least 4 members (excludes halogenated alkanes) is 2. The van der Waals surface area contributed by atoms with E-state index in [-0.39, 0.29) is 123 Å². The fraction of sp³-hybridized carbons (Fsp3) is 0.539. The molecule has 1 saturated heterocycles. The van der Waals surface area contributed by atoms with Crippen molar-refractivity contribution < 1.29 is 84.0 Å². The highest BCUT2D eigenvalue weighted by Crippen LogP contribution is 2.49. The molecule has 1 fully saturated rings. The monoisotopic (exact) mass is 1880 g/mol. The summed E-state index contributed by atoms with van der Waals surface area (Å²) < 4.78 is 63.8. The Morgan fingerprint density at radius 1 is 0.710 bits per heavy atom. The lowest BCUT2D eigenvalue weighted by Crippen LogP contribution is -2.57. The molecule has 1 unspecified atom stereocenters. The number of likely N-dealkylation sites (N-methyl/N-ethyl adjacent to an activating group) is 2. The molecule has 42 heteroatoms. The molecule has 2 aliphatic heterocycles. The second kappa shape index (κ2) is 55.7. The van der Waals surface area contributed by atoms with Gasteiger partial charge in [0.1, 0.15) is 49.5 Å². The van der Waals surface area contributed by atoms with Crippen molar-refractivity contribution in [2.24, 2.45) is 27.5 Å². The van der Waals surface area contributed by atoms with Crippen molar-refractivity contribution >= 4 is 127 Å². The van der Waals surface area contributed by atoms with Crippen LogP contribution in [0.1, 0.15) is 161 Å². The Morgan fingerprint density at radius 2 is 1.33 bits per heavy atom. The van der Waals surface area contributed by atoms with Gasteiger partial charge < -0.3 is 105 Å². The van der Waals surface area contributed by atoms with E-state index in [1.165, 1.54) is 42.8 Å². The van der Waals surface area contributed by atoms with Crippen molar-refractivity contribution in [1.29, 1.82) is 10.8 Å². The molecule has 2 heterocycles. The smallest absolute Gasteiger partial charge is 0.294 e. The third kappa shape index (κ3) is 37.0. The Morgan fingerprint density at radius 3 is 1.95 bits per heavy atom. The number of ether oxygens (including phenoxy) is 1. The number of oxime groups is 1. The Kier molecular flexibility index (Phi) is 46.8. The van der Waals surface area contributed by atoms with Gasteiger partial charge in [-0.1, -0.05) is 114 Å². The first-order chi connectivity index (χ1) is 62.1. The summed E-state index contributed by atoms with van der Waals surface area (Å²) in [6, 6.07) is 9.78. The molecule has 5 rings (SSSR count). The van der Waals surface area contributed by atoms with Crippen LogP contribution in [0.2, 0.25) is 0 Å². The second-order valence-corrected chi connectivity index (χ2v) is 36.3. The highest BCUT2D eigenvalue weighted by molar-refractivity contribution is 7.98. The molecule has 0 aromatic heterocycles. The van der Waals surface area contributed by atoms with E-state index in [1.807, 2.05) is 122 Å². The summed E-state index contributed by atoms with van der Waals surface area (Å²) in [5.74, 6) is -7.24. The molecule has 722 valence electrons. The number of aliphatic imine (C=N–C) groups is 1. The van der Waals surface area contributed by atoms with Gasteiger partial charge in [0.2, 0.25) is 65.0 Å². The summed E-state index contributed by atoms with van der Waals surface area (Å²) in [6.45, 7) is 19.2. The molecule has 0 spiro atoms. The number of nitrogens with one attached hydrogen (secondary N) is 15. The molecule has 8 atom stereocenters. The molecule has 39 nitrogen and oxygen atoms in total. The van der Waals surface area contributed by atoms with E-state index in [9.17, 15) is 74.5 Å². The zero-order valence-electron chi connectivity index (χ0n) is 77.2. The van der Waals surface area contributed by atoms with Crippen LogP contribution in [0, 0.1) is 23.7 Å². The van der Waals surface area contributed by atoms with Crippen molar-refractivity contribution in [2.45, 2.75) is 209 Å². The number of nitrogens with zero attached hydrogens (tertiary/aromatic N) is 4. The minimum absolute atomic E-state index is 0.0258. The Labute approximate surface area is 774 Å². The average molecular weight is 1880 g/mol. The number of fused-ring (bicyclic) bond motifs is 1. The number of hydrogen-bond acceptors (Lipinski definition) is 24. The summed E-state index contributed by atoms with van der Waals surface area (Å²) in [5.41, 5.74) is 16.8. The minimum Gasteiger partial charge on any atom is -0.768 e. The third-order valence-corrected chi connectivity index (χ3v) is 23.9. The lowest BCUT2D eigenvalue weighted by atomic mass is 9.77. The van der Waals surface area contributed by atoms with E-state index in [4.69, 9.17) is 36.9 Å². The van der Waals surface area contributed by atoms with Crippen LogP contribution in [0.25, 0.3) is 0 Å². The third-order valence-electron chi connectivity index (χ3n) is 21.7. The number of aryl methyl sites for hydroxylation is 1. The molecule has 20 N–H and O–H groups in total. The van der Waals surface area contributed by atoms with Gasteiger partial charge in [-0.3, -0.25) is 77.3 Å². The molecule has 3 aromatic rings. The topological polar surface area (TPSA) is 588 Å². The number of allylic oxidation sites excluding steroid dienone is 8. The van der Waals surface area contributed by atoms with Crippen LogP contribution in [-0.2, 0) is 101 Å². The Balaban J connectivity index is 1.01. The van der Waals surface area contributed by atoms with Crippen LogP contribution in [0.3, 0.4) is 0 Å². The largest absolute Gasteiger partial charge is 0.768 e.